The van der Waals surface area contributed by atoms with E-state index in [9.17, 15) is 0 Å². The van der Waals surface area contributed by atoms with Crippen molar-refractivity contribution >= 4 is 11.3 Å². The van der Waals surface area contributed by atoms with Crippen LogP contribution in [0.5, 0.6) is 0 Å². The average molecular weight is 274 g/mol. The first-order valence-electron chi connectivity index (χ1n) is 6.70. The quantitative estimate of drug-likeness (QED) is 0.902. The summed E-state index contributed by atoms with van der Waals surface area (Å²) in [6.45, 7) is 11.6. The number of rotatable bonds is 4. The lowest BCUT2D eigenvalue weighted by atomic mass is 10.0. The summed E-state index contributed by atoms with van der Waals surface area (Å²) in [7, 11) is 0. The number of hydrogen-bond donors (Lipinski definition) is 1. The molecule has 2 aromatic rings. The molecular weight excluding hydrogens is 252 g/mol. The molecule has 0 aliphatic rings. The van der Waals surface area contributed by atoms with Crippen molar-refractivity contribution in [2.75, 3.05) is 0 Å². The zero-order valence-corrected chi connectivity index (χ0v) is 13.2. The molecule has 0 amide bonds. The highest BCUT2D eigenvalue weighted by Gasteiger charge is 2.13. The Morgan fingerprint density at radius 3 is 2.53 bits per heavy atom. The molecule has 1 unspecified atom stereocenters. The first-order chi connectivity index (χ1) is 8.99. The van der Waals surface area contributed by atoms with Crippen LogP contribution in [0.2, 0.25) is 0 Å². The number of aryl methyl sites for hydroxylation is 4. The maximum atomic E-state index is 4.58. The summed E-state index contributed by atoms with van der Waals surface area (Å²) in [5.74, 6) is 0. The van der Waals surface area contributed by atoms with Crippen LogP contribution < -0.4 is 5.32 Å². The topological polar surface area (TPSA) is 24.9 Å². The molecule has 1 atom stereocenters. The van der Waals surface area contributed by atoms with E-state index in [1.807, 2.05) is 11.3 Å². The molecule has 0 saturated carbocycles. The van der Waals surface area contributed by atoms with E-state index in [4.69, 9.17) is 0 Å². The lowest BCUT2D eigenvalue weighted by Gasteiger charge is -2.19. The molecule has 0 aliphatic carbocycles. The fourth-order valence-electron chi connectivity index (χ4n) is 2.62. The van der Waals surface area contributed by atoms with Gasteiger partial charge in [0.05, 0.1) is 0 Å². The normalized spacial score (nSPS) is 12.7. The van der Waals surface area contributed by atoms with Gasteiger partial charge >= 0.3 is 0 Å². The Morgan fingerprint density at radius 2 is 1.95 bits per heavy atom. The van der Waals surface area contributed by atoms with Crippen molar-refractivity contribution in [3.8, 4) is 0 Å². The van der Waals surface area contributed by atoms with Crippen LogP contribution in [0.25, 0.3) is 0 Å². The van der Waals surface area contributed by atoms with Gasteiger partial charge in [0.1, 0.15) is 0 Å². The molecule has 1 N–H and O–H groups in total. The average Bonchev–Trinajstić information content (AvgIpc) is 2.70. The van der Waals surface area contributed by atoms with Gasteiger partial charge in [-0.25, -0.2) is 0 Å². The van der Waals surface area contributed by atoms with E-state index in [0.29, 0.717) is 6.04 Å². The highest BCUT2D eigenvalue weighted by atomic mass is 32.1. The van der Waals surface area contributed by atoms with Gasteiger partial charge in [-0.2, -0.15) is 0 Å². The van der Waals surface area contributed by atoms with E-state index in [-0.39, 0.29) is 0 Å². The zero-order chi connectivity index (χ0) is 14.0. The van der Waals surface area contributed by atoms with E-state index in [2.05, 4.69) is 62.4 Å². The summed E-state index contributed by atoms with van der Waals surface area (Å²) in [6, 6.07) is 4.67. The van der Waals surface area contributed by atoms with Crippen molar-refractivity contribution in [3.63, 3.8) is 0 Å². The zero-order valence-electron chi connectivity index (χ0n) is 12.4. The van der Waals surface area contributed by atoms with Gasteiger partial charge < -0.3 is 5.32 Å². The third-order valence-corrected chi connectivity index (χ3v) is 4.58. The Bertz CT molecular complexity index is 549. The van der Waals surface area contributed by atoms with Gasteiger partial charge in [0, 0.05) is 28.9 Å². The minimum atomic E-state index is 0.328. The van der Waals surface area contributed by atoms with Gasteiger partial charge in [-0.3, -0.25) is 4.98 Å². The molecule has 2 aromatic heterocycles. The first kappa shape index (κ1) is 14.2. The maximum Gasteiger partial charge on any atom is 0.0426 e. The summed E-state index contributed by atoms with van der Waals surface area (Å²) < 4.78 is 0. The SMILES string of the molecule is Cc1cc(C)c(C(C)NCc2sccc2C)c(C)n1. The van der Waals surface area contributed by atoms with Gasteiger partial charge in [-0.1, -0.05) is 0 Å². The second-order valence-electron chi connectivity index (χ2n) is 5.21. The Balaban J connectivity index is 2.12. The number of nitrogens with one attached hydrogen (secondary N) is 1. The Labute approximate surface area is 119 Å². The second kappa shape index (κ2) is 5.85. The second-order valence-corrected chi connectivity index (χ2v) is 6.21. The van der Waals surface area contributed by atoms with Gasteiger partial charge in [0.2, 0.25) is 0 Å². The van der Waals surface area contributed by atoms with Crippen molar-refractivity contribution in [2.24, 2.45) is 0 Å². The van der Waals surface area contributed by atoms with Gasteiger partial charge in [-0.15, -0.1) is 11.3 Å². The molecule has 0 spiro atoms. The molecule has 0 aromatic carbocycles. The van der Waals surface area contributed by atoms with Crippen LogP contribution in [0, 0.1) is 27.7 Å². The van der Waals surface area contributed by atoms with E-state index in [1.54, 1.807) is 0 Å². The van der Waals surface area contributed by atoms with Crippen molar-refractivity contribution in [1.29, 1.82) is 0 Å². The number of nitrogens with zero attached hydrogens (tertiary/aromatic N) is 1. The Kier molecular flexibility index (Phi) is 4.38. The summed E-state index contributed by atoms with van der Waals surface area (Å²) in [5.41, 5.74) is 6.27. The summed E-state index contributed by atoms with van der Waals surface area (Å²) >= 11 is 1.82. The van der Waals surface area contributed by atoms with Crippen LogP contribution in [-0.2, 0) is 6.54 Å². The minimum Gasteiger partial charge on any atom is -0.305 e. The Hall–Kier alpha value is -1.19. The van der Waals surface area contributed by atoms with Crippen molar-refractivity contribution in [1.82, 2.24) is 10.3 Å². The molecule has 2 nitrogen and oxygen atoms in total. The summed E-state index contributed by atoms with van der Waals surface area (Å²) in [6.07, 6.45) is 0. The van der Waals surface area contributed by atoms with Crippen molar-refractivity contribution in [2.45, 2.75) is 47.2 Å². The molecular formula is C16H22N2S. The van der Waals surface area contributed by atoms with Gasteiger partial charge in [-0.05, 0) is 68.8 Å². The third kappa shape index (κ3) is 3.23. The van der Waals surface area contributed by atoms with E-state index in [0.717, 1.165) is 17.9 Å². The molecule has 0 radical (unpaired) electrons. The standard InChI is InChI=1S/C16H22N2S/c1-10-6-7-19-15(10)9-17-13(4)16-11(2)8-12(3)18-14(16)5/h6-8,13,17H,9H2,1-5H3. The molecule has 102 valence electrons. The minimum absolute atomic E-state index is 0.328. The largest absolute Gasteiger partial charge is 0.305 e. The lowest BCUT2D eigenvalue weighted by Crippen LogP contribution is -2.20. The summed E-state index contributed by atoms with van der Waals surface area (Å²) in [4.78, 5) is 6.00. The predicted molar refractivity (Wildman–Crippen MR) is 82.8 cm³/mol. The first-order valence-corrected chi connectivity index (χ1v) is 7.58. The summed E-state index contributed by atoms with van der Waals surface area (Å²) in [5, 5.41) is 5.77. The highest BCUT2D eigenvalue weighted by molar-refractivity contribution is 7.10. The molecule has 0 bridgehead atoms. The molecule has 0 saturated heterocycles. The predicted octanol–water partition coefficient (Wildman–Crippen LogP) is 4.23. The van der Waals surface area contributed by atoms with Crippen LogP contribution in [0.15, 0.2) is 17.5 Å². The molecule has 0 fully saturated rings. The molecule has 3 heteroatoms. The van der Waals surface area contributed by atoms with Crippen LogP contribution in [0.1, 0.15) is 45.9 Å². The fraction of sp³-hybridized carbons (Fsp3) is 0.438. The van der Waals surface area contributed by atoms with E-state index < -0.39 is 0 Å². The molecule has 19 heavy (non-hydrogen) atoms. The smallest absolute Gasteiger partial charge is 0.0426 e. The molecule has 2 heterocycles. The molecule has 0 aliphatic heterocycles. The highest BCUT2D eigenvalue weighted by Crippen LogP contribution is 2.23. The van der Waals surface area contributed by atoms with E-state index >= 15 is 0 Å². The van der Waals surface area contributed by atoms with Crippen molar-refractivity contribution < 1.29 is 0 Å². The monoisotopic (exact) mass is 274 g/mol. The van der Waals surface area contributed by atoms with Crippen LogP contribution >= 0.6 is 11.3 Å². The number of hydrogen-bond acceptors (Lipinski definition) is 3. The van der Waals surface area contributed by atoms with Crippen LogP contribution in [-0.4, -0.2) is 4.98 Å². The lowest BCUT2D eigenvalue weighted by molar-refractivity contribution is 0.569. The number of pyridine rings is 1. The van der Waals surface area contributed by atoms with Crippen LogP contribution in [0.3, 0.4) is 0 Å². The fourth-order valence-corrected chi connectivity index (χ4v) is 3.48. The van der Waals surface area contributed by atoms with Gasteiger partial charge in [0.15, 0.2) is 0 Å². The number of thiophene rings is 1. The Morgan fingerprint density at radius 1 is 1.21 bits per heavy atom. The third-order valence-electron chi connectivity index (χ3n) is 3.55. The van der Waals surface area contributed by atoms with Gasteiger partial charge in [0.25, 0.3) is 0 Å². The van der Waals surface area contributed by atoms with Crippen molar-refractivity contribution in [3.05, 3.63) is 50.5 Å². The maximum absolute atomic E-state index is 4.58. The van der Waals surface area contributed by atoms with E-state index in [1.165, 1.54) is 21.6 Å². The van der Waals surface area contributed by atoms with Crippen LogP contribution in [0.4, 0.5) is 0 Å². The number of aromatic nitrogens is 1. The molecule has 2 rings (SSSR count).